The Hall–Kier alpha value is -0.970. The van der Waals surface area contributed by atoms with Gasteiger partial charge < -0.3 is 0 Å². The zero-order valence-corrected chi connectivity index (χ0v) is 13.8. The van der Waals surface area contributed by atoms with Gasteiger partial charge >= 0.3 is 0 Å². The number of aromatic nitrogens is 5. The first kappa shape index (κ1) is 14.0. The van der Waals surface area contributed by atoms with Crippen molar-refractivity contribution in [2.45, 2.75) is 21.4 Å². The molecule has 0 atom stereocenters. The van der Waals surface area contributed by atoms with E-state index in [9.17, 15) is 4.79 Å². The van der Waals surface area contributed by atoms with E-state index in [2.05, 4.69) is 20.3 Å². The summed E-state index contributed by atoms with van der Waals surface area (Å²) >= 11 is 6.14. The van der Waals surface area contributed by atoms with Crippen molar-refractivity contribution in [2.75, 3.05) is 6.26 Å². The van der Waals surface area contributed by atoms with Crippen LogP contribution in [0, 0.1) is 6.92 Å². The lowest BCUT2D eigenvalue weighted by atomic mass is 10.5. The molecule has 20 heavy (non-hydrogen) atoms. The molecule has 3 rings (SSSR count). The smallest absolute Gasteiger partial charge is 0.267 e. The van der Waals surface area contributed by atoms with E-state index in [4.69, 9.17) is 0 Å². The van der Waals surface area contributed by atoms with Gasteiger partial charge in [0, 0.05) is 11.8 Å². The Kier molecular flexibility index (Phi) is 4.06. The molecule has 3 aromatic heterocycles. The Bertz CT molecular complexity index is 807. The van der Waals surface area contributed by atoms with E-state index in [1.54, 1.807) is 41.8 Å². The van der Waals surface area contributed by atoms with Gasteiger partial charge in [-0.25, -0.2) is 4.98 Å². The largest absolute Gasteiger partial charge is 0.275 e. The molecule has 0 aliphatic rings. The monoisotopic (exact) mass is 343 g/mol. The zero-order valence-electron chi connectivity index (χ0n) is 10.6. The molecule has 104 valence electrons. The number of thioether (sulfide) groups is 2. The van der Waals surface area contributed by atoms with E-state index < -0.39 is 0 Å². The molecule has 0 saturated carbocycles. The summed E-state index contributed by atoms with van der Waals surface area (Å²) in [6.45, 7) is 1.81. The lowest BCUT2D eigenvalue weighted by Crippen LogP contribution is -2.14. The van der Waals surface area contributed by atoms with Crippen LogP contribution in [0.2, 0.25) is 0 Å². The molecule has 0 aliphatic heterocycles. The summed E-state index contributed by atoms with van der Waals surface area (Å²) in [5, 5.41) is 13.3. The van der Waals surface area contributed by atoms with E-state index >= 15 is 0 Å². The third kappa shape index (κ3) is 2.87. The minimum absolute atomic E-state index is 0.138. The molecule has 10 heteroatoms. The highest BCUT2D eigenvalue weighted by atomic mass is 32.2. The SMILES string of the molecule is CSc1nnc(SCc2nn3c(=O)cc(C)nc3s2)s1. The van der Waals surface area contributed by atoms with Crippen molar-refractivity contribution in [1.29, 1.82) is 0 Å². The molecule has 6 nitrogen and oxygen atoms in total. The summed E-state index contributed by atoms with van der Waals surface area (Å²) in [5.74, 6) is 0.662. The average Bonchev–Trinajstić information content (AvgIpc) is 3.02. The van der Waals surface area contributed by atoms with Crippen molar-refractivity contribution in [2.24, 2.45) is 0 Å². The van der Waals surface area contributed by atoms with Crippen molar-refractivity contribution < 1.29 is 0 Å². The second-order valence-corrected chi connectivity index (χ2v) is 8.05. The highest BCUT2D eigenvalue weighted by molar-refractivity contribution is 8.02. The maximum Gasteiger partial charge on any atom is 0.275 e. The topological polar surface area (TPSA) is 73.0 Å². The Morgan fingerprint density at radius 3 is 2.85 bits per heavy atom. The van der Waals surface area contributed by atoms with Gasteiger partial charge in [-0.05, 0) is 13.2 Å². The van der Waals surface area contributed by atoms with Gasteiger partial charge in [-0.3, -0.25) is 4.79 Å². The van der Waals surface area contributed by atoms with Crippen LogP contribution in [0.3, 0.4) is 0 Å². The predicted octanol–water partition coefficient (Wildman–Crippen LogP) is 2.33. The molecule has 0 aliphatic carbocycles. The molecule has 0 spiro atoms. The standard InChI is InChI=1S/C10H9N5OS4/c1-5-3-7(16)15-8(11-5)19-6(14-15)4-18-10-13-12-9(17-2)20-10/h3H,4H2,1-2H3. The third-order valence-corrected chi connectivity index (χ3v) is 6.43. The van der Waals surface area contributed by atoms with Gasteiger partial charge in [-0.15, -0.1) is 10.2 Å². The highest BCUT2D eigenvalue weighted by Gasteiger charge is 2.10. The van der Waals surface area contributed by atoms with Crippen LogP contribution in [0.15, 0.2) is 19.5 Å². The Balaban J connectivity index is 1.81. The fraction of sp³-hybridized carbons (Fsp3) is 0.300. The molecule has 0 unspecified atom stereocenters. The Morgan fingerprint density at radius 1 is 1.30 bits per heavy atom. The van der Waals surface area contributed by atoms with Crippen LogP contribution in [0.1, 0.15) is 10.7 Å². The van der Waals surface area contributed by atoms with Crippen LogP contribution in [0.4, 0.5) is 0 Å². The van der Waals surface area contributed by atoms with Gasteiger partial charge in [0.1, 0.15) is 5.01 Å². The highest BCUT2D eigenvalue weighted by Crippen LogP contribution is 2.30. The number of rotatable bonds is 4. The maximum atomic E-state index is 11.8. The molecule has 0 bridgehead atoms. The molecule has 0 aromatic carbocycles. The molecular formula is C10H9N5OS4. The molecule has 0 N–H and O–H groups in total. The van der Waals surface area contributed by atoms with Gasteiger partial charge in [-0.1, -0.05) is 46.2 Å². The summed E-state index contributed by atoms with van der Waals surface area (Å²) in [7, 11) is 0. The molecule has 0 radical (unpaired) electrons. The predicted molar refractivity (Wildman–Crippen MR) is 83.1 cm³/mol. The fourth-order valence-corrected chi connectivity index (χ4v) is 4.85. The second kappa shape index (κ2) is 5.80. The van der Waals surface area contributed by atoms with Gasteiger partial charge in [0.15, 0.2) is 8.68 Å². The third-order valence-electron chi connectivity index (χ3n) is 2.30. The first-order valence-corrected chi connectivity index (χ1v) is 9.37. The number of aryl methyl sites for hydroxylation is 1. The summed E-state index contributed by atoms with van der Waals surface area (Å²) in [5.41, 5.74) is 0.576. The van der Waals surface area contributed by atoms with Crippen LogP contribution < -0.4 is 5.56 Å². The van der Waals surface area contributed by atoms with E-state index in [1.807, 2.05) is 6.26 Å². The number of nitrogens with zero attached hydrogens (tertiary/aromatic N) is 5. The summed E-state index contributed by atoms with van der Waals surface area (Å²) in [6, 6.07) is 1.49. The molecular weight excluding hydrogens is 334 g/mol. The van der Waals surface area contributed by atoms with Gasteiger partial charge in [0.2, 0.25) is 4.96 Å². The molecule has 0 fully saturated rings. The summed E-state index contributed by atoms with van der Waals surface area (Å²) in [6.07, 6.45) is 1.98. The molecule has 0 amide bonds. The molecule has 3 heterocycles. The van der Waals surface area contributed by atoms with E-state index in [0.29, 0.717) is 16.4 Å². The summed E-state index contributed by atoms with van der Waals surface area (Å²) in [4.78, 5) is 16.7. The zero-order chi connectivity index (χ0) is 14.1. The van der Waals surface area contributed by atoms with E-state index in [-0.39, 0.29) is 5.56 Å². The van der Waals surface area contributed by atoms with Gasteiger partial charge in [0.05, 0.1) is 5.75 Å². The van der Waals surface area contributed by atoms with Crippen LogP contribution in [-0.2, 0) is 5.75 Å². The second-order valence-electron chi connectivity index (χ2n) is 3.75. The first-order valence-electron chi connectivity index (χ1n) is 5.52. The molecule has 3 aromatic rings. The minimum atomic E-state index is -0.138. The normalized spacial score (nSPS) is 11.3. The van der Waals surface area contributed by atoms with Crippen LogP contribution >= 0.6 is 46.2 Å². The van der Waals surface area contributed by atoms with Gasteiger partial charge in [-0.2, -0.15) is 9.61 Å². The average molecular weight is 343 g/mol. The van der Waals surface area contributed by atoms with Crippen LogP contribution in [-0.4, -0.2) is 31.1 Å². The number of hydrogen-bond donors (Lipinski definition) is 0. The Morgan fingerprint density at radius 2 is 2.10 bits per heavy atom. The first-order chi connectivity index (χ1) is 9.65. The number of fused-ring (bicyclic) bond motifs is 1. The van der Waals surface area contributed by atoms with Crippen molar-refractivity contribution in [3.63, 3.8) is 0 Å². The molecule has 0 saturated heterocycles. The summed E-state index contributed by atoms with van der Waals surface area (Å²) < 4.78 is 3.21. The van der Waals surface area contributed by atoms with Crippen LogP contribution in [0.25, 0.3) is 4.96 Å². The quantitative estimate of drug-likeness (QED) is 0.673. The van der Waals surface area contributed by atoms with Crippen molar-refractivity contribution in [1.82, 2.24) is 24.8 Å². The van der Waals surface area contributed by atoms with Crippen molar-refractivity contribution >= 4 is 51.2 Å². The van der Waals surface area contributed by atoms with Crippen molar-refractivity contribution in [3.8, 4) is 0 Å². The van der Waals surface area contributed by atoms with E-state index in [1.165, 1.54) is 21.9 Å². The maximum absolute atomic E-state index is 11.8. The van der Waals surface area contributed by atoms with Crippen LogP contribution in [0.5, 0.6) is 0 Å². The Labute approximate surface area is 130 Å². The number of hydrogen-bond acceptors (Lipinski definition) is 9. The lowest BCUT2D eigenvalue weighted by Gasteiger charge is -1.90. The van der Waals surface area contributed by atoms with Gasteiger partial charge in [0.25, 0.3) is 5.56 Å². The van der Waals surface area contributed by atoms with E-state index in [0.717, 1.165) is 13.7 Å². The fourth-order valence-electron chi connectivity index (χ4n) is 1.48. The van der Waals surface area contributed by atoms with Crippen molar-refractivity contribution in [3.05, 3.63) is 27.1 Å². The minimum Gasteiger partial charge on any atom is -0.267 e. The lowest BCUT2D eigenvalue weighted by molar-refractivity contribution is 0.870.